The summed E-state index contributed by atoms with van der Waals surface area (Å²) in [5, 5.41) is 2.85. The molecule has 2 aromatic rings. The first kappa shape index (κ1) is 23.4. The van der Waals surface area contributed by atoms with Crippen LogP contribution in [0.3, 0.4) is 0 Å². The average molecular weight is 433 g/mol. The molecule has 0 saturated heterocycles. The Morgan fingerprint density at radius 3 is 2.37 bits per heavy atom. The highest BCUT2D eigenvalue weighted by Gasteiger charge is 2.21. The first-order chi connectivity index (χ1) is 14.2. The predicted molar refractivity (Wildman–Crippen MR) is 117 cm³/mol. The number of rotatable bonds is 10. The molecule has 0 aliphatic carbocycles. The molecule has 7 nitrogen and oxygen atoms in total. The molecular weight excluding hydrogens is 404 g/mol. The molecule has 0 aliphatic rings. The second kappa shape index (κ2) is 10.8. The molecule has 0 saturated carbocycles. The zero-order chi connectivity index (χ0) is 22.1. The largest absolute Gasteiger partial charge is 0.463 e. The Hall–Kier alpha value is -2.87. The van der Waals surface area contributed by atoms with E-state index < -0.39 is 27.9 Å². The van der Waals surface area contributed by atoms with E-state index in [9.17, 15) is 18.0 Å². The molecule has 0 bridgehead atoms. The zero-order valence-corrected chi connectivity index (χ0v) is 18.2. The second-order valence-electron chi connectivity index (χ2n) is 7.18. The summed E-state index contributed by atoms with van der Waals surface area (Å²) in [7, 11) is -3.46. The molecule has 30 heavy (non-hydrogen) atoms. The first-order valence-electron chi connectivity index (χ1n) is 9.86. The van der Waals surface area contributed by atoms with Crippen LogP contribution in [0.25, 0.3) is 0 Å². The number of carbonyl (C=O) groups excluding carboxylic acids is 2. The van der Waals surface area contributed by atoms with E-state index >= 15 is 0 Å². The maximum atomic E-state index is 12.8. The molecule has 0 spiro atoms. The summed E-state index contributed by atoms with van der Waals surface area (Å²) in [6, 6.07) is 14.8. The number of hydrogen-bond acceptors (Lipinski definition) is 5. The quantitative estimate of drug-likeness (QED) is 0.558. The van der Waals surface area contributed by atoms with Crippen molar-refractivity contribution < 1.29 is 22.7 Å². The van der Waals surface area contributed by atoms with Gasteiger partial charge in [-0.2, -0.15) is 0 Å². The molecule has 0 aromatic heterocycles. The summed E-state index contributed by atoms with van der Waals surface area (Å²) in [6.45, 7) is 5.30. The fourth-order valence-electron chi connectivity index (χ4n) is 2.88. The minimum Gasteiger partial charge on any atom is -0.463 e. The van der Waals surface area contributed by atoms with E-state index in [1.54, 1.807) is 39.0 Å². The molecule has 1 unspecified atom stereocenters. The van der Waals surface area contributed by atoms with Gasteiger partial charge < -0.3 is 10.1 Å². The molecule has 162 valence electrons. The van der Waals surface area contributed by atoms with Gasteiger partial charge in [0, 0.05) is 11.3 Å². The van der Waals surface area contributed by atoms with Gasteiger partial charge in [0.15, 0.2) is 0 Å². The van der Waals surface area contributed by atoms with Crippen LogP contribution >= 0.6 is 0 Å². The maximum Gasteiger partial charge on any atom is 0.308 e. The number of amides is 1. The van der Waals surface area contributed by atoms with Crippen LogP contribution in [0.5, 0.6) is 0 Å². The Bertz CT molecular complexity index is 959. The van der Waals surface area contributed by atoms with Gasteiger partial charge in [-0.25, -0.2) is 8.42 Å². The fraction of sp³-hybridized carbons (Fsp3) is 0.364. The third kappa shape index (κ3) is 7.51. The van der Waals surface area contributed by atoms with Crippen LogP contribution in [0.15, 0.2) is 54.6 Å². The van der Waals surface area contributed by atoms with E-state index in [1.165, 1.54) is 6.07 Å². The van der Waals surface area contributed by atoms with Crippen molar-refractivity contribution in [2.24, 2.45) is 0 Å². The molecule has 1 atom stereocenters. The third-order valence-electron chi connectivity index (χ3n) is 4.12. The standard InChI is InChI=1S/C22H28N2O5S/c1-4-13-30(27,28)24-19-12-8-11-18(14-19)22(26)23-20(15-21(25)29-16(2)3)17-9-6-5-7-10-17/h5-12,14,16,20,24H,4,13,15H2,1-3H3,(H,23,26). The molecule has 2 N–H and O–H groups in total. The highest BCUT2D eigenvalue weighted by molar-refractivity contribution is 7.92. The topological polar surface area (TPSA) is 102 Å². The second-order valence-corrected chi connectivity index (χ2v) is 9.02. The summed E-state index contributed by atoms with van der Waals surface area (Å²) >= 11 is 0. The van der Waals surface area contributed by atoms with Gasteiger partial charge in [-0.1, -0.05) is 43.3 Å². The molecule has 0 aliphatic heterocycles. The number of anilines is 1. The molecule has 0 radical (unpaired) electrons. The van der Waals surface area contributed by atoms with Crippen LogP contribution in [0.4, 0.5) is 5.69 Å². The average Bonchev–Trinajstić information content (AvgIpc) is 2.67. The van der Waals surface area contributed by atoms with Gasteiger partial charge in [-0.3, -0.25) is 14.3 Å². The van der Waals surface area contributed by atoms with Gasteiger partial charge in [-0.05, 0) is 44.0 Å². The number of esters is 1. The van der Waals surface area contributed by atoms with E-state index in [2.05, 4.69) is 10.0 Å². The number of nitrogens with one attached hydrogen (secondary N) is 2. The molecule has 0 heterocycles. The number of hydrogen-bond donors (Lipinski definition) is 2. The number of sulfonamides is 1. The van der Waals surface area contributed by atoms with Crippen molar-refractivity contribution >= 4 is 27.6 Å². The van der Waals surface area contributed by atoms with Crippen molar-refractivity contribution in [3.8, 4) is 0 Å². The van der Waals surface area contributed by atoms with Crippen molar-refractivity contribution in [3.05, 3.63) is 65.7 Å². The predicted octanol–water partition coefficient (Wildman–Crippen LogP) is 3.65. The zero-order valence-electron chi connectivity index (χ0n) is 17.4. The molecule has 1 amide bonds. The Balaban J connectivity index is 2.19. The van der Waals surface area contributed by atoms with Gasteiger partial charge >= 0.3 is 5.97 Å². The summed E-state index contributed by atoms with van der Waals surface area (Å²) < 4.78 is 31.7. The summed E-state index contributed by atoms with van der Waals surface area (Å²) in [5.41, 5.74) is 1.36. The summed E-state index contributed by atoms with van der Waals surface area (Å²) in [5.74, 6) is -0.838. The van der Waals surface area contributed by atoms with E-state index in [-0.39, 0.29) is 23.8 Å². The fourth-order valence-corrected chi connectivity index (χ4v) is 4.01. The maximum absolute atomic E-state index is 12.8. The van der Waals surface area contributed by atoms with Crippen LogP contribution in [0.1, 0.15) is 55.6 Å². The van der Waals surface area contributed by atoms with E-state index in [4.69, 9.17) is 4.74 Å². The molecule has 0 fully saturated rings. The van der Waals surface area contributed by atoms with Crippen LogP contribution in [0, 0.1) is 0 Å². The van der Waals surface area contributed by atoms with Crippen LogP contribution in [0.2, 0.25) is 0 Å². The Kier molecular flexibility index (Phi) is 8.41. The Labute approximate surface area is 177 Å². The van der Waals surface area contributed by atoms with E-state index in [0.717, 1.165) is 5.56 Å². The highest BCUT2D eigenvalue weighted by Crippen LogP contribution is 2.20. The van der Waals surface area contributed by atoms with E-state index in [1.807, 2.05) is 30.3 Å². The molecule has 2 aromatic carbocycles. The van der Waals surface area contributed by atoms with Crippen molar-refractivity contribution in [1.82, 2.24) is 5.32 Å². The molecular formula is C22H28N2O5S. The Morgan fingerprint density at radius 1 is 1.03 bits per heavy atom. The van der Waals surface area contributed by atoms with Crippen LogP contribution in [-0.4, -0.2) is 32.2 Å². The monoisotopic (exact) mass is 432 g/mol. The number of ether oxygens (including phenoxy) is 1. The number of benzene rings is 2. The lowest BCUT2D eigenvalue weighted by Crippen LogP contribution is -2.31. The lowest BCUT2D eigenvalue weighted by molar-refractivity contribution is -0.147. The van der Waals surface area contributed by atoms with Gasteiger partial charge in [0.05, 0.1) is 24.3 Å². The highest BCUT2D eigenvalue weighted by atomic mass is 32.2. The Morgan fingerprint density at radius 2 is 1.73 bits per heavy atom. The normalized spacial score (nSPS) is 12.3. The van der Waals surface area contributed by atoms with Crippen molar-refractivity contribution in [2.45, 2.75) is 45.8 Å². The van der Waals surface area contributed by atoms with Gasteiger partial charge in [0.2, 0.25) is 10.0 Å². The summed E-state index contributed by atoms with van der Waals surface area (Å²) in [4.78, 5) is 25.0. The minimum atomic E-state index is -3.46. The van der Waals surface area contributed by atoms with Crippen molar-refractivity contribution in [2.75, 3.05) is 10.5 Å². The van der Waals surface area contributed by atoms with Crippen molar-refractivity contribution in [3.63, 3.8) is 0 Å². The first-order valence-corrected chi connectivity index (χ1v) is 11.5. The summed E-state index contributed by atoms with van der Waals surface area (Å²) in [6.07, 6.45) is 0.217. The SMILES string of the molecule is CCCS(=O)(=O)Nc1cccc(C(=O)NC(CC(=O)OC(C)C)c2ccccc2)c1. The van der Waals surface area contributed by atoms with Crippen LogP contribution in [-0.2, 0) is 19.6 Å². The lowest BCUT2D eigenvalue weighted by atomic mass is 10.0. The molecule has 2 rings (SSSR count). The molecule has 8 heteroatoms. The third-order valence-corrected chi connectivity index (χ3v) is 5.61. The lowest BCUT2D eigenvalue weighted by Gasteiger charge is -2.20. The smallest absolute Gasteiger partial charge is 0.308 e. The van der Waals surface area contributed by atoms with Gasteiger partial charge in [0.1, 0.15) is 0 Å². The van der Waals surface area contributed by atoms with E-state index in [0.29, 0.717) is 12.1 Å². The van der Waals surface area contributed by atoms with Crippen LogP contribution < -0.4 is 10.0 Å². The van der Waals surface area contributed by atoms with Gasteiger partial charge in [-0.15, -0.1) is 0 Å². The number of carbonyl (C=O) groups is 2. The minimum absolute atomic E-state index is 0.00251. The van der Waals surface area contributed by atoms with Gasteiger partial charge in [0.25, 0.3) is 5.91 Å². The van der Waals surface area contributed by atoms with Crippen molar-refractivity contribution in [1.29, 1.82) is 0 Å².